The number of halogens is 3. The third kappa shape index (κ3) is 2.71. The molecule has 3 rings (SSSR count). The van der Waals surface area contributed by atoms with Crippen molar-refractivity contribution in [2.75, 3.05) is 13.1 Å². The number of aliphatic carboxylic acids is 1. The zero-order valence-corrected chi connectivity index (χ0v) is 11.5. The van der Waals surface area contributed by atoms with E-state index in [2.05, 4.69) is 15.4 Å². The van der Waals surface area contributed by atoms with Gasteiger partial charge in [-0.3, -0.25) is 9.59 Å². The van der Waals surface area contributed by atoms with E-state index in [-0.39, 0.29) is 5.56 Å². The first-order chi connectivity index (χ1) is 10.8. The number of benzene rings is 1. The summed E-state index contributed by atoms with van der Waals surface area (Å²) in [5.41, 5.74) is 1.05. The lowest BCUT2D eigenvalue weighted by Gasteiger charge is -2.18. The molecule has 1 saturated heterocycles. The lowest BCUT2D eigenvalue weighted by Crippen LogP contribution is -2.34. The number of H-pyrrole nitrogens is 1. The molecule has 2 aromatic rings. The van der Waals surface area contributed by atoms with E-state index < -0.39 is 43.0 Å². The summed E-state index contributed by atoms with van der Waals surface area (Å²) in [6.45, 7) is -1.15. The first-order valence-electron chi connectivity index (χ1n) is 6.66. The van der Waals surface area contributed by atoms with Gasteiger partial charge >= 0.3 is 12.1 Å². The summed E-state index contributed by atoms with van der Waals surface area (Å²) < 4.78 is 38.9. The van der Waals surface area contributed by atoms with E-state index in [1.165, 1.54) is 18.2 Å². The van der Waals surface area contributed by atoms with Crippen molar-refractivity contribution in [2.24, 2.45) is 11.8 Å². The van der Waals surface area contributed by atoms with Gasteiger partial charge in [-0.1, -0.05) is 0 Å². The largest absolute Gasteiger partial charge is 0.481 e. The fourth-order valence-electron chi connectivity index (χ4n) is 2.71. The molecular weight excluding hydrogens is 317 g/mol. The number of rotatable bonds is 2. The molecule has 1 fully saturated rings. The van der Waals surface area contributed by atoms with Gasteiger partial charge in [0.2, 0.25) is 0 Å². The monoisotopic (exact) mass is 328 g/mol. The Balaban J connectivity index is 1.86. The van der Waals surface area contributed by atoms with E-state index >= 15 is 0 Å². The Labute approximate surface area is 127 Å². The van der Waals surface area contributed by atoms with Crippen LogP contribution in [-0.4, -0.2) is 56.6 Å². The minimum Gasteiger partial charge on any atom is -0.481 e. The maximum Gasteiger partial charge on any atom is 0.394 e. The zero-order chi connectivity index (χ0) is 16.8. The molecule has 2 N–H and O–H groups in total. The number of fused-ring (bicyclic) bond motifs is 1. The lowest BCUT2D eigenvalue weighted by atomic mass is 9.96. The fourth-order valence-corrected chi connectivity index (χ4v) is 2.71. The number of carbonyl (C=O) groups excluding carboxylic acids is 1. The smallest absolute Gasteiger partial charge is 0.394 e. The molecule has 1 aromatic heterocycles. The summed E-state index contributed by atoms with van der Waals surface area (Å²) >= 11 is 0. The number of carbonyl (C=O) groups is 2. The molecular formula is C13H11F3N4O3. The number of aromatic nitrogens is 3. The van der Waals surface area contributed by atoms with Gasteiger partial charge in [-0.05, 0) is 18.2 Å². The SMILES string of the molecule is O=C(O)[C@@H]1CN(C(=O)c2ccc3n[nH]nc3c2)C[C@H]1C(F)(F)F. The number of likely N-dealkylation sites (tertiary alicyclic amines) is 1. The van der Waals surface area contributed by atoms with Crippen molar-refractivity contribution in [1.29, 1.82) is 0 Å². The molecule has 0 radical (unpaired) electrons. The van der Waals surface area contributed by atoms with Gasteiger partial charge in [-0.25, -0.2) is 0 Å². The van der Waals surface area contributed by atoms with E-state index in [1.807, 2.05) is 0 Å². The molecule has 0 bridgehead atoms. The zero-order valence-electron chi connectivity index (χ0n) is 11.5. The highest BCUT2D eigenvalue weighted by molar-refractivity contribution is 5.97. The topological polar surface area (TPSA) is 99.2 Å². The quantitative estimate of drug-likeness (QED) is 0.865. The van der Waals surface area contributed by atoms with Gasteiger partial charge in [0.15, 0.2) is 0 Å². The third-order valence-corrected chi connectivity index (χ3v) is 3.91. The minimum atomic E-state index is -4.67. The molecule has 1 aliphatic rings. The molecule has 10 heteroatoms. The molecule has 122 valence electrons. The van der Waals surface area contributed by atoms with Crippen LogP contribution in [0.3, 0.4) is 0 Å². The average Bonchev–Trinajstić information content (AvgIpc) is 3.11. The lowest BCUT2D eigenvalue weighted by molar-refractivity contribution is -0.187. The van der Waals surface area contributed by atoms with Crippen molar-refractivity contribution in [3.63, 3.8) is 0 Å². The van der Waals surface area contributed by atoms with Crippen LogP contribution in [0, 0.1) is 11.8 Å². The average molecular weight is 328 g/mol. The first kappa shape index (κ1) is 15.3. The molecule has 7 nitrogen and oxygen atoms in total. The molecule has 0 unspecified atom stereocenters. The number of amides is 1. The minimum absolute atomic E-state index is 0.137. The van der Waals surface area contributed by atoms with Gasteiger partial charge in [-0.2, -0.15) is 28.6 Å². The number of nitrogens with zero attached hydrogens (tertiary/aromatic N) is 3. The Morgan fingerprint density at radius 2 is 1.91 bits per heavy atom. The summed E-state index contributed by atoms with van der Waals surface area (Å²) in [6.07, 6.45) is -4.67. The van der Waals surface area contributed by atoms with Crippen LogP contribution < -0.4 is 0 Å². The molecule has 0 spiro atoms. The molecule has 0 saturated carbocycles. The van der Waals surface area contributed by atoms with E-state index in [0.29, 0.717) is 11.0 Å². The molecule has 2 atom stereocenters. The third-order valence-electron chi connectivity index (χ3n) is 3.91. The van der Waals surface area contributed by atoms with Crippen LogP contribution in [0.15, 0.2) is 18.2 Å². The Morgan fingerprint density at radius 3 is 2.52 bits per heavy atom. The fraction of sp³-hybridized carbons (Fsp3) is 0.385. The van der Waals surface area contributed by atoms with Crippen LogP contribution in [0.4, 0.5) is 13.2 Å². The first-order valence-corrected chi connectivity index (χ1v) is 6.66. The number of carboxylic acid groups (broad SMARTS) is 1. The highest BCUT2D eigenvalue weighted by atomic mass is 19.4. The van der Waals surface area contributed by atoms with E-state index in [4.69, 9.17) is 5.11 Å². The Morgan fingerprint density at radius 1 is 1.22 bits per heavy atom. The maximum atomic E-state index is 13.0. The van der Waals surface area contributed by atoms with Gasteiger partial charge in [-0.15, -0.1) is 0 Å². The summed E-state index contributed by atoms with van der Waals surface area (Å²) in [7, 11) is 0. The number of hydrogen-bond acceptors (Lipinski definition) is 4. The summed E-state index contributed by atoms with van der Waals surface area (Å²) in [4.78, 5) is 24.3. The van der Waals surface area contributed by atoms with Crippen LogP contribution in [-0.2, 0) is 4.79 Å². The van der Waals surface area contributed by atoms with Gasteiger partial charge in [0.05, 0.1) is 11.8 Å². The maximum absolute atomic E-state index is 13.0. The number of nitrogens with one attached hydrogen (secondary N) is 1. The highest BCUT2D eigenvalue weighted by Gasteiger charge is 2.53. The van der Waals surface area contributed by atoms with Gasteiger partial charge in [0.25, 0.3) is 5.91 Å². The Kier molecular flexibility index (Phi) is 3.46. The molecule has 1 aromatic carbocycles. The van der Waals surface area contributed by atoms with Crippen molar-refractivity contribution in [3.8, 4) is 0 Å². The molecule has 1 aliphatic heterocycles. The normalized spacial score (nSPS) is 21.8. The van der Waals surface area contributed by atoms with Crippen LogP contribution >= 0.6 is 0 Å². The van der Waals surface area contributed by atoms with Crippen LogP contribution in [0.5, 0.6) is 0 Å². The second-order valence-electron chi connectivity index (χ2n) is 5.33. The second kappa shape index (κ2) is 5.21. The van der Waals surface area contributed by atoms with Gasteiger partial charge < -0.3 is 10.0 Å². The second-order valence-corrected chi connectivity index (χ2v) is 5.33. The van der Waals surface area contributed by atoms with E-state index in [1.54, 1.807) is 0 Å². The predicted octanol–water partition coefficient (Wildman–Crippen LogP) is 1.29. The van der Waals surface area contributed by atoms with Crippen LogP contribution in [0.25, 0.3) is 11.0 Å². The Hall–Kier alpha value is -2.65. The number of aromatic amines is 1. The molecule has 0 aliphatic carbocycles. The van der Waals surface area contributed by atoms with E-state index in [9.17, 15) is 22.8 Å². The molecule has 2 heterocycles. The molecule has 1 amide bonds. The number of carboxylic acids is 1. The van der Waals surface area contributed by atoms with Crippen molar-refractivity contribution in [2.45, 2.75) is 6.18 Å². The number of hydrogen-bond donors (Lipinski definition) is 2. The Bertz CT molecular complexity index is 773. The van der Waals surface area contributed by atoms with Crippen molar-refractivity contribution >= 4 is 22.9 Å². The van der Waals surface area contributed by atoms with Crippen molar-refractivity contribution in [3.05, 3.63) is 23.8 Å². The van der Waals surface area contributed by atoms with Crippen LogP contribution in [0.1, 0.15) is 10.4 Å². The van der Waals surface area contributed by atoms with Crippen molar-refractivity contribution < 1.29 is 27.9 Å². The molecule has 23 heavy (non-hydrogen) atoms. The van der Waals surface area contributed by atoms with Crippen LogP contribution in [0.2, 0.25) is 0 Å². The number of alkyl halides is 3. The predicted molar refractivity (Wildman–Crippen MR) is 70.5 cm³/mol. The van der Waals surface area contributed by atoms with Gasteiger partial charge in [0.1, 0.15) is 11.0 Å². The summed E-state index contributed by atoms with van der Waals surface area (Å²) in [5.74, 6) is -5.95. The highest BCUT2D eigenvalue weighted by Crippen LogP contribution is 2.38. The van der Waals surface area contributed by atoms with Crippen molar-refractivity contribution in [1.82, 2.24) is 20.3 Å². The summed E-state index contributed by atoms with van der Waals surface area (Å²) in [5, 5.41) is 19.0. The van der Waals surface area contributed by atoms with Gasteiger partial charge in [0, 0.05) is 18.7 Å². The standard InChI is InChI=1S/C13H11F3N4O3/c14-13(15,16)8-5-20(4-7(8)12(22)23)11(21)6-1-2-9-10(3-6)18-19-17-9/h1-3,7-8H,4-5H2,(H,22,23)(H,17,18,19)/t7-,8-/m1/s1. The van der Waals surface area contributed by atoms with E-state index in [0.717, 1.165) is 4.90 Å². The summed E-state index contributed by atoms with van der Waals surface area (Å²) in [6, 6.07) is 4.33.